The van der Waals surface area contributed by atoms with Crippen LogP contribution >= 0.6 is 0 Å². The van der Waals surface area contributed by atoms with Gasteiger partial charge in [0.15, 0.2) is 0 Å². The molecule has 2 aliphatic carbocycles. The van der Waals surface area contributed by atoms with Gasteiger partial charge in [-0.2, -0.15) is 0 Å². The minimum Gasteiger partial charge on any atom is -0.316 e. The highest BCUT2D eigenvalue weighted by Crippen LogP contribution is 2.51. The Morgan fingerprint density at radius 1 is 1.12 bits per heavy atom. The van der Waals surface area contributed by atoms with Gasteiger partial charge in [0.2, 0.25) is 0 Å². The van der Waals surface area contributed by atoms with E-state index in [4.69, 9.17) is 0 Å². The van der Waals surface area contributed by atoms with Gasteiger partial charge in [-0.1, -0.05) is 45.4 Å². The normalized spacial score (nSPS) is 41.4. The molecule has 3 aliphatic rings. The first-order chi connectivity index (χ1) is 7.78. The second kappa shape index (κ2) is 4.33. The lowest BCUT2D eigenvalue weighted by Crippen LogP contribution is -2.46. The van der Waals surface area contributed by atoms with Crippen LogP contribution in [0.3, 0.4) is 0 Å². The van der Waals surface area contributed by atoms with Crippen molar-refractivity contribution in [1.29, 1.82) is 0 Å². The molecule has 1 aliphatic heterocycles. The van der Waals surface area contributed by atoms with E-state index in [1.54, 1.807) is 0 Å². The molecule has 3 fully saturated rings. The minimum absolute atomic E-state index is 0.682. The zero-order valence-electron chi connectivity index (χ0n) is 10.8. The molecule has 3 rings (SSSR count). The van der Waals surface area contributed by atoms with Gasteiger partial charge in [-0.25, -0.2) is 0 Å². The van der Waals surface area contributed by atoms with Crippen LogP contribution in [-0.4, -0.2) is 13.1 Å². The molecule has 0 amide bonds. The smallest absolute Gasteiger partial charge is 0.00126 e. The molecule has 0 bridgehead atoms. The summed E-state index contributed by atoms with van der Waals surface area (Å²) in [7, 11) is 0. The van der Waals surface area contributed by atoms with Gasteiger partial charge in [-0.05, 0) is 49.1 Å². The van der Waals surface area contributed by atoms with Gasteiger partial charge in [0.25, 0.3) is 0 Å². The largest absolute Gasteiger partial charge is 0.316 e. The molecule has 2 unspecified atom stereocenters. The molecule has 2 atom stereocenters. The van der Waals surface area contributed by atoms with Gasteiger partial charge in [-0.3, -0.25) is 0 Å². The molecule has 1 heteroatoms. The van der Waals surface area contributed by atoms with E-state index in [0.29, 0.717) is 5.41 Å². The average Bonchev–Trinajstić information content (AvgIpc) is 2.92. The zero-order chi connectivity index (χ0) is 11.0. The molecule has 0 radical (unpaired) electrons. The zero-order valence-corrected chi connectivity index (χ0v) is 10.8. The van der Waals surface area contributed by atoms with Crippen molar-refractivity contribution in [3.05, 3.63) is 0 Å². The summed E-state index contributed by atoms with van der Waals surface area (Å²) in [4.78, 5) is 0. The van der Waals surface area contributed by atoms with E-state index in [9.17, 15) is 0 Å². The summed E-state index contributed by atoms with van der Waals surface area (Å²) >= 11 is 0. The van der Waals surface area contributed by atoms with Crippen molar-refractivity contribution in [3.63, 3.8) is 0 Å². The Labute approximate surface area is 100 Å². The Balaban J connectivity index is 1.70. The second-order valence-corrected chi connectivity index (χ2v) is 6.91. The van der Waals surface area contributed by atoms with Crippen molar-refractivity contribution in [2.75, 3.05) is 13.1 Å². The highest BCUT2D eigenvalue weighted by Gasteiger charge is 2.44. The van der Waals surface area contributed by atoms with Crippen LogP contribution in [0.5, 0.6) is 0 Å². The molecule has 16 heavy (non-hydrogen) atoms. The van der Waals surface area contributed by atoms with Crippen LogP contribution in [0.4, 0.5) is 0 Å². The Hall–Kier alpha value is -0.0400. The van der Waals surface area contributed by atoms with Crippen molar-refractivity contribution in [3.8, 4) is 0 Å². The highest BCUT2D eigenvalue weighted by atomic mass is 14.9. The monoisotopic (exact) mass is 221 g/mol. The van der Waals surface area contributed by atoms with Crippen LogP contribution in [0.15, 0.2) is 0 Å². The van der Waals surface area contributed by atoms with Crippen LogP contribution < -0.4 is 5.32 Å². The molecule has 1 saturated heterocycles. The average molecular weight is 221 g/mol. The third-order valence-electron chi connectivity index (χ3n) is 5.55. The van der Waals surface area contributed by atoms with E-state index in [2.05, 4.69) is 12.2 Å². The number of hydrogen-bond donors (Lipinski definition) is 1. The molecule has 0 spiro atoms. The van der Waals surface area contributed by atoms with Crippen LogP contribution in [0.25, 0.3) is 0 Å². The topological polar surface area (TPSA) is 12.0 Å². The Kier molecular flexibility index (Phi) is 2.99. The van der Waals surface area contributed by atoms with Crippen LogP contribution in [0.2, 0.25) is 0 Å². The summed E-state index contributed by atoms with van der Waals surface area (Å²) in [6.45, 7) is 5.19. The third-order valence-corrected chi connectivity index (χ3v) is 5.55. The van der Waals surface area contributed by atoms with Crippen LogP contribution in [0, 0.1) is 23.2 Å². The molecular weight excluding hydrogens is 194 g/mol. The van der Waals surface area contributed by atoms with Crippen LogP contribution in [-0.2, 0) is 0 Å². The minimum atomic E-state index is 0.682. The van der Waals surface area contributed by atoms with Crippen molar-refractivity contribution >= 4 is 0 Å². The number of nitrogens with one attached hydrogen (secondary N) is 1. The molecule has 1 N–H and O–H groups in total. The van der Waals surface area contributed by atoms with Gasteiger partial charge in [-0.15, -0.1) is 0 Å². The van der Waals surface area contributed by atoms with E-state index in [1.807, 2.05) is 0 Å². The highest BCUT2D eigenvalue weighted by molar-refractivity contribution is 4.96. The fourth-order valence-corrected chi connectivity index (χ4v) is 4.39. The Morgan fingerprint density at radius 3 is 2.56 bits per heavy atom. The fourth-order valence-electron chi connectivity index (χ4n) is 4.39. The molecular formula is C15H27N. The molecule has 92 valence electrons. The standard InChI is InChI=1S/C15H27N/c1-15(10-12-6-7-12)8-9-16-11-14(15)13-4-2-3-5-13/h12-14,16H,2-11H2,1H3. The summed E-state index contributed by atoms with van der Waals surface area (Å²) in [5.74, 6) is 3.15. The maximum atomic E-state index is 3.66. The first kappa shape index (κ1) is 11.1. The number of rotatable bonds is 3. The first-order valence-corrected chi connectivity index (χ1v) is 7.49. The van der Waals surface area contributed by atoms with E-state index in [-0.39, 0.29) is 0 Å². The van der Waals surface area contributed by atoms with Crippen molar-refractivity contribution in [1.82, 2.24) is 5.32 Å². The SMILES string of the molecule is CC1(CC2CC2)CCNCC1C1CCCC1. The molecule has 1 nitrogen and oxygen atoms in total. The van der Waals surface area contributed by atoms with Gasteiger partial charge in [0, 0.05) is 0 Å². The molecule has 0 aromatic rings. The van der Waals surface area contributed by atoms with Crippen molar-refractivity contribution < 1.29 is 0 Å². The maximum Gasteiger partial charge on any atom is -0.00126 e. The van der Waals surface area contributed by atoms with E-state index in [1.165, 1.54) is 64.5 Å². The molecule has 1 heterocycles. The molecule has 2 saturated carbocycles. The summed E-state index contributed by atoms with van der Waals surface area (Å²) in [5, 5.41) is 3.66. The molecule has 0 aromatic carbocycles. The van der Waals surface area contributed by atoms with Gasteiger partial charge in [0.1, 0.15) is 0 Å². The summed E-state index contributed by atoms with van der Waals surface area (Å²) in [5.41, 5.74) is 0.682. The van der Waals surface area contributed by atoms with Gasteiger partial charge < -0.3 is 5.32 Å². The lowest BCUT2D eigenvalue weighted by Gasteiger charge is -2.45. The predicted octanol–water partition coefficient (Wildman–Crippen LogP) is 3.59. The lowest BCUT2D eigenvalue weighted by molar-refractivity contribution is 0.0636. The number of hydrogen-bond acceptors (Lipinski definition) is 1. The Bertz CT molecular complexity index is 240. The summed E-state index contributed by atoms with van der Waals surface area (Å²) in [6.07, 6.45) is 12.1. The Morgan fingerprint density at radius 2 is 1.88 bits per heavy atom. The van der Waals surface area contributed by atoms with Crippen LogP contribution in [0.1, 0.15) is 58.3 Å². The lowest BCUT2D eigenvalue weighted by atomic mass is 9.64. The second-order valence-electron chi connectivity index (χ2n) is 6.91. The third kappa shape index (κ3) is 2.16. The number of piperidine rings is 1. The van der Waals surface area contributed by atoms with Crippen molar-refractivity contribution in [2.45, 2.75) is 58.3 Å². The maximum absolute atomic E-state index is 3.66. The first-order valence-electron chi connectivity index (χ1n) is 7.49. The fraction of sp³-hybridized carbons (Fsp3) is 1.00. The predicted molar refractivity (Wildman–Crippen MR) is 68.4 cm³/mol. The van der Waals surface area contributed by atoms with Crippen molar-refractivity contribution in [2.24, 2.45) is 23.2 Å². The van der Waals surface area contributed by atoms with E-state index < -0.39 is 0 Å². The van der Waals surface area contributed by atoms with E-state index >= 15 is 0 Å². The molecule has 0 aromatic heterocycles. The van der Waals surface area contributed by atoms with Gasteiger partial charge in [0.05, 0.1) is 0 Å². The van der Waals surface area contributed by atoms with E-state index in [0.717, 1.165) is 17.8 Å². The summed E-state index contributed by atoms with van der Waals surface area (Å²) in [6, 6.07) is 0. The quantitative estimate of drug-likeness (QED) is 0.768. The summed E-state index contributed by atoms with van der Waals surface area (Å²) < 4.78 is 0. The van der Waals surface area contributed by atoms with Gasteiger partial charge >= 0.3 is 0 Å².